The summed E-state index contributed by atoms with van der Waals surface area (Å²) in [4.78, 5) is 15.4. The molecule has 0 N–H and O–H groups in total. The van der Waals surface area contributed by atoms with Crippen LogP contribution in [0.25, 0.3) is 50.6 Å². The number of hydrogen-bond donors (Lipinski definition) is 0. The molecular weight excluding hydrogens is 683 g/mol. The van der Waals surface area contributed by atoms with Gasteiger partial charge in [0, 0.05) is 28.2 Å². The van der Waals surface area contributed by atoms with Crippen molar-refractivity contribution < 1.29 is 4.74 Å². The zero-order valence-electron chi connectivity index (χ0n) is 30.5. The van der Waals surface area contributed by atoms with Crippen molar-refractivity contribution in [3.8, 4) is 56.5 Å². The summed E-state index contributed by atoms with van der Waals surface area (Å²) < 4.78 is 6.71. The Morgan fingerprint density at radius 3 is 1.79 bits per heavy atom. The van der Waals surface area contributed by atoms with Gasteiger partial charge in [0.15, 0.2) is 11.6 Å². The van der Waals surface area contributed by atoms with Crippen LogP contribution in [0.2, 0.25) is 0 Å². The van der Waals surface area contributed by atoms with Crippen LogP contribution < -0.4 is 4.74 Å². The van der Waals surface area contributed by atoms with E-state index in [1.807, 2.05) is 24.3 Å². The second-order valence-electron chi connectivity index (χ2n) is 14.7. The number of ether oxygens (including phenoxy) is 1. The average molecular weight is 718 g/mol. The highest BCUT2D eigenvalue weighted by molar-refractivity contribution is 5.89. The molecule has 1 aromatic heterocycles. The topological polar surface area (TPSA) is 47.9 Å². The second kappa shape index (κ2) is 13.0. The number of para-hydroxylation sites is 1. The van der Waals surface area contributed by atoms with Crippen LogP contribution in [-0.4, -0.2) is 15.0 Å². The second-order valence-corrected chi connectivity index (χ2v) is 14.7. The number of nitrogens with zero attached hydrogens (tertiary/aromatic N) is 3. The highest BCUT2D eigenvalue weighted by Gasteiger charge is 2.51. The van der Waals surface area contributed by atoms with Crippen molar-refractivity contribution in [1.82, 2.24) is 15.0 Å². The number of fused-ring (bicyclic) bond motifs is 9. The molecular formula is C52H35N3O. The molecule has 0 radical (unpaired) electrons. The predicted molar refractivity (Wildman–Crippen MR) is 224 cm³/mol. The lowest BCUT2D eigenvalue weighted by molar-refractivity contribution is 0.436. The monoisotopic (exact) mass is 717 g/mol. The Labute approximate surface area is 326 Å². The molecule has 264 valence electrons. The van der Waals surface area contributed by atoms with Crippen LogP contribution in [-0.2, 0) is 5.41 Å². The quantitative estimate of drug-likeness (QED) is 0.178. The fraction of sp³-hybridized carbons (Fsp3) is 0.0577. The van der Waals surface area contributed by atoms with Crippen LogP contribution in [0.4, 0.5) is 0 Å². The lowest BCUT2D eigenvalue weighted by Gasteiger charge is -2.39. The molecule has 56 heavy (non-hydrogen) atoms. The molecule has 2 aliphatic carbocycles. The summed E-state index contributed by atoms with van der Waals surface area (Å²) in [7, 11) is 0. The molecule has 0 amide bonds. The van der Waals surface area contributed by atoms with Crippen molar-refractivity contribution in [2.45, 2.75) is 17.8 Å². The molecule has 3 aliphatic rings. The fourth-order valence-corrected chi connectivity index (χ4v) is 9.00. The molecule has 0 fully saturated rings. The molecule has 0 saturated heterocycles. The summed E-state index contributed by atoms with van der Waals surface area (Å²) in [5.41, 5.74) is 13.5. The lowest BCUT2D eigenvalue weighted by atomic mass is 9.65. The van der Waals surface area contributed by atoms with Crippen LogP contribution in [0.5, 0.6) is 11.5 Å². The molecule has 1 atom stereocenters. The molecule has 1 unspecified atom stereocenters. The minimum atomic E-state index is -0.514. The zero-order valence-corrected chi connectivity index (χ0v) is 30.5. The summed E-state index contributed by atoms with van der Waals surface area (Å²) in [5, 5.41) is 0. The Bertz CT molecular complexity index is 2830. The van der Waals surface area contributed by atoms with Crippen LogP contribution in [0.1, 0.15) is 46.0 Å². The van der Waals surface area contributed by atoms with Gasteiger partial charge >= 0.3 is 0 Å². The number of benzene rings is 7. The molecule has 0 bridgehead atoms. The van der Waals surface area contributed by atoms with Crippen molar-refractivity contribution in [3.63, 3.8) is 0 Å². The third-order valence-corrected chi connectivity index (χ3v) is 11.5. The Hall–Kier alpha value is -7.17. The van der Waals surface area contributed by atoms with Gasteiger partial charge in [-0.2, -0.15) is 0 Å². The van der Waals surface area contributed by atoms with Crippen molar-refractivity contribution in [2.24, 2.45) is 0 Å². The van der Waals surface area contributed by atoms with E-state index >= 15 is 0 Å². The van der Waals surface area contributed by atoms with Crippen molar-refractivity contribution >= 4 is 5.57 Å². The highest BCUT2D eigenvalue weighted by Crippen LogP contribution is 2.62. The van der Waals surface area contributed by atoms with E-state index in [0.29, 0.717) is 11.6 Å². The van der Waals surface area contributed by atoms with Gasteiger partial charge in [0.25, 0.3) is 0 Å². The van der Waals surface area contributed by atoms with Gasteiger partial charge in [-0.25, -0.2) is 15.0 Å². The number of aromatic nitrogens is 3. The van der Waals surface area contributed by atoms with E-state index in [0.717, 1.165) is 57.1 Å². The average Bonchev–Trinajstić information content (AvgIpc) is 3.57. The van der Waals surface area contributed by atoms with Gasteiger partial charge in [-0.3, -0.25) is 0 Å². The normalized spacial score (nSPS) is 15.6. The fourth-order valence-electron chi connectivity index (χ4n) is 9.00. The van der Waals surface area contributed by atoms with Crippen LogP contribution in [0.15, 0.2) is 194 Å². The summed E-state index contributed by atoms with van der Waals surface area (Å²) in [5.74, 6) is 3.83. The van der Waals surface area contributed by atoms with Crippen molar-refractivity contribution in [1.29, 1.82) is 0 Å². The van der Waals surface area contributed by atoms with Gasteiger partial charge in [-0.1, -0.05) is 170 Å². The maximum absolute atomic E-state index is 6.71. The summed E-state index contributed by atoms with van der Waals surface area (Å²) in [6.07, 6.45) is 7.37. The predicted octanol–water partition coefficient (Wildman–Crippen LogP) is 12.5. The van der Waals surface area contributed by atoms with E-state index in [1.54, 1.807) is 0 Å². The number of allylic oxidation sites excluding steroid dienone is 4. The van der Waals surface area contributed by atoms with Gasteiger partial charge in [0.2, 0.25) is 0 Å². The van der Waals surface area contributed by atoms with Gasteiger partial charge in [0.05, 0.1) is 5.41 Å². The van der Waals surface area contributed by atoms with E-state index in [9.17, 15) is 0 Å². The Balaban J connectivity index is 1.01. The van der Waals surface area contributed by atoms with E-state index in [2.05, 4.69) is 170 Å². The lowest BCUT2D eigenvalue weighted by Crippen LogP contribution is -2.32. The van der Waals surface area contributed by atoms with E-state index < -0.39 is 5.41 Å². The zero-order chi connectivity index (χ0) is 37.1. The minimum Gasteiger partial charge on any atom is -0.457 e. The molecule has 1 aliphatic heterocycles. The highest BCUT2D eigenvalue weighted by atomic mass is 16.5. The standard InChI is InChI=1S/C52H35N3O/c1-3-15-34(16-4-1)36-19-13-21-39(31-36)50-53-49(35-17-5-2-6-18-35)54-51(55-50)40-22-14-20-37(32-40)38-29-30-48-46(33-38)52(45-27-11-12-28-47(45)56-48)43-25-9-7-23-41(43)42-24-8-10-26-44(42)52/h1-31,33,40H,32H2. The van der Waals surface area contributed by atoms with E-state index in [-0.39, 0.29) is 5.92 Å². The largest absolute Gasteiger partial charge is 0.457 e. The molecule has 4 nitrogen and oxygen atoms in total. The molecule has 8 aromatic rings. The van der Waals surface area contributed by atoms with Gasteiger partial charge in [-0.15, -0.1) is 0 Å². The molecule has 2 heterocycles. The van der Waals surface area contributed by atoms with Crippen LogP contribution >= 0.6 is 0 Å². The van der Waals surface area contributed by atoms with Gasteiger partial charge < -0.3 is 4.74 Å². The summed E-state index contributed by atoms with van der Waals surface area (Å²) in [6, 6.07) is 62.1. The Morgan fingerprint density at radius 2 is 1.04 bits per heavy atom. The molecule has 4 heteroatoms. The SMILES string of the molecule is C1=CC(c2nc(-c3ccccc3)nc(-c3cccc(-c4ccccc4)c3)n2)CC(c2ccc3c(c2)C2(c4ccccc4O3)c3ccccc3-c3ccccc32)=C1. The minimum absolute atomic E-state index is 0.0496. The van der Waals surface area contributed by atoms with E-state index in [4.69, 9.17) is 19.7 Å². The Morgan fingerprint density at radius 1 is 0.446 bits per heavy atom. The van der Waals surface area contributed by atoms with Crippen LogP contribution in [0, 0.1) is 0 Å². The number of hydrogen-bond acceptors (Lipinski definition) is 4. The van der Waals surface area contributed by atoms with Crippen molar-refractivity contribution in [2.75, 3.05) is 0 Å². The third-order valence-electron chi connectivity index (χ3n) is 11.5. The first-order valence-corrected chi connectivity index (χ1v) is 19.2. The maximum atomic E-state index is 6.71. The molecule has 11 rings (SSSR count). The first-order chi connectivity index (χ1) is 27.7. The van der Waals surface area contributed by atoms with Crippen molar-refractivity contribution in [3.05, 3.63) is 228 Å². The first kappa shape index (κ1) is 32.3. The maximum Gasteiger partial charge on any atom is 0.163 e. The first-order valence-electron chi connectivity index (χ1n) is 19.2. The molecule has 7 aromatic carbocycles. The number of rotatable bonds is 5. The molecule has 1 spiro atoms. The van der Waals surface area contributed by atoms with E-state index in [1.165, 1.54) is 33.4 Å². The van der Waals surface area contributed by atoms with Gasteiger partial charge in [-0.05, 0) is 75.2 Å². The smallest absolute Gasteiger partial charge is 0.163 e. The third kappa shape index (κ3) is 5.10. The summed E-state index contributed by atoms with van der Waals surface area (Å²) >= 11 is 0. The van der Waals surface area contributed by atoms with Crippen LogP contribution in [0.3, 0.4) is 0 Å². The Kier molecular flexibility index (Phi) is 7.49. The molecule has 0 saturated carbocycles. The summed E-state index contributed by atoms with van der Waals surface area (Å²) in [6.45, 7) is 0. The van der Waals surface area contributed by atoms with Gasteiger partial charge in [0.1, 0.15) is 17.3 Å².